The minimum Gasteiger partial charge on any atom is -0.444 e. The van der Waals surface area contributed by atoms with Gasteiger partial charge < -0.3 is 14.5 Å². The second-order valence-electron chi connectivity index (χ2n) is 6.87. The number of likely N-dealkylation sites (N-methyl/N-ethyl adjacent to an activating group) is 1. The van der Waals surface area contributed by atoms with Crippen LogP contribution in [0.25, 0.3) is 0 Å². The molecule has 2 rings (SSSR count). The monoisotopic (exact) mass is 306 g/mol. The average molecular weight is 306 g/mol. The molecule has 0 aliphatic carbocycles. The van der Waals surface area contributed by atoms with Gasteiger partial charge in [0.1, 0.15) is 5.60 Å². The van der Waals surface area contributed by atoms with Gasteiger partial charge in [-0.3, -0.25) is 0 Å². The van der Waals surface area contributed by atoms with Gasteiger partial charge in [0.05, 0.1) is 5.69 Å². The van der Waals surface area contributed by atoms with Crippen LogP contribution < -0.4 is 4.90 Å². The summed E-state index contributed by atoms with van der Waals surface area (Å²) in [5.41, 5.74) is 0.439. The minimum atomic E-state index is -0.460. The second kappa shape index (κ2) is 6.50. The van der Waals surface area contributed by atoms with E-state index in [4.69, 9.17) is 4.74 Å². The van der Waals surface area contributed by atoms with E-state index in [1.165, 1.54) is 0 Å². The van der Waals surface area contributed by atoms with Crippen molar-refractivity contribution in [2.75, 3.05) is 25.0 Å². The van der Waals surface area contributed by atoms with Crippen molar-refractivity contribution in [2.45, 2.75) is 52.2 Å². The Hall–Kier alpha value is -1.85. The maximum absolute atomic E-state index is 12.2. The highest BCUT2D eigenvalue weighted by Crippen LogP contribution is 2.21. The first-order valence-electron chi connectivity index (χ1n) is 7.77. The summed E-state index contributed by atoms with van der Waals surface area (Å²) in [5.74, 6) is 0.835. The van der Waals surface area contributed by atoms with Gasteiger partial charge in [0, 0.05) is 26.2 Å². The molecular weight excluding hydrogens is 280 g/mol. The number of carbonyl (C=O) groups is 1. The third kappa shape index (κ3) is 4.32. The molecule has 22 heavy (non-hydrogen) atoms. The molecule has 1 atom stereocenters. The summed E-state index contributed by atoms with van der Waals surface area (Å²) in [7, 11) is 2.00. The summed E-state index contributed by atoms with van der Waals surface area (Å²) in [6, 6.07) is 4.15. The number of ether oxygens (including phenoxy) is 1. The Labute approximate surface area is 132 Å². The Morgan fingerprint density at radius 3 is 2.68 bits per heavy atom. The van der Waals surface area contributed by atoms with Gasteiger partial charge >= 0.3 is 6.09 Å². The van der Waals surface area contributed by atoms with E-state index >= 15 is 0 Å². The van der Waals surface area contributed by atoms with Gasteiger partial charge in [-0.15, -0.1) is 5.10 Å². The number of hydrogen-bond donors (Lipinski definition) is 0. The Morgan fingerprint density at radius 1 is 1.36 bits per heavy atom. The van der Waals surface area contributed by atoms with Gasteiger partial charge in [-0.25, -0.2) is 4.79 Å². The molecule has 1 aliphatic heterocycles. The van der Waals surface area contributed by atoms with E-state index in [1.54, 1.807) is 4.90 Å². The average Bonchev–Trinajstić information content (AvgIpc) is 2.46. The van der Waals surface area contributed by atoms with Crippen LogP contribution >= 0.6 is 0 Å². The topological polar surface area (TPSA) is 58.6 Å². The fourth-order valence-electron chi connectivity index (χ4n) is 2.53. The van der Waals surface area contributed by atoms with Crippen LogP contribution in [0.3, 0.4) is 0 Å². The first-order chi connectivity index (χ1) is 10.3. The molecule has 6 nitrogen and oxygen atoms in total. The quantitative estimate of drug-likeness (QED) is 0.840. The van der Waals surface area contributed by atoms with Gasteiger partial charge in [-0.05, 0) is 52.7 Å². The molecule has 0 aromatic carbocycles. The third-order valence-electron chi connectivity index (χ3n) is 3.74. The van der Waals surface area contributed by atoms with Crippen LogP contribution in [0.15, 0.2) is 12.1 Å². The van der Waals surface area contributed by atoms with E-state index in [2.05, 4.69) is 15.1 Å². The first-order valence-corrected chi connectivity index (χ1v) is 7.77. The molecule has 1 aromatic rings. The number of likely N-dealkylation sites (tertiary alicyclic amines) is 1. The molecule has 1 aromatic heterocycles. The van der Waals surface area contributed by atoms with E-state index < -0.39 is 5.60 Å². The Bertz CT molecular complexity index is 510. The van der Waals surface area contributed by atoms with Gasteiger partial charge in [-0.2, -0.15) is 5.10 Å². The summed E-state index contributed by atoms with van der Waals surface area (Å²) in [6.45, 7) is 8.99. The van der Waals surface area contributed by atoms with E-state index in [0.29, 0.717) is 6.54 Å². The number of nitrogens with zero attached hydrogens (tertiary/aromatic N) is 4. The lowest BCUT2D eigenvalue weighted by Gasteiger charge is -2.38. The highest BCUT2D eigenvalue weighted by Gasteiger charge is 2.29. The molecule has 1 fully saturated rings. The molecule has 6 heteroatoms. The fraction of sp³-hybridized carbons (Fsp3) is 0.688. The number of hydrogen-bond acceptors (Lipinski definition) is 5. The molecule has 1 saturated heterocycles. The number of carbonyl (C=O) groups excluding carboxylic acids is 1. The van der Waals surface area contributed by atoms with E-state index in [1.807, 2.05) is 46.9 Å². The highest BCUT2D eigenvalue weighted by atomic mass is 16.6. The molecule has 1 amide bonds. The van der Waals surface area contributed by atoms with Crippen molar-refractivity contribution < 1.29 is 9.53 Å². The molecule has 0 spiro atoms. The number of aryl methyl sites for hydroxylation is 1. The molecule has 1 aliphatic rings. The molecule has 0 saturated carbocycles. The normalized spacial score (nSPS) is 19.0. The first kappa shape index (κ1) is 16.5. The van der Waals surface area contributed by atoms with Crippen molar-refractivity contribution in [2.24, 2.45) is 0 Å². The lowest BCUT2D eigenvalue weighted by molar-refractivity contribution is 0.0199. The number of anilines is 1. The van der Waals surface area contributed by atoms with Crippen LogP contribution in [0.1, 0.15) is 39.3 Å². The SMILES string of the molecule is Cc1ccc(N(C)C2CCCN(C(=O)OC(C)(C)C)C2)nn1. The number of amides is 1. The zero-order valence-corrected chi connectivity index (χ0v) is 14.2. The van der Waals surface area contributed by atoms with Gasteiger partial charge in [0.15, 0.2) is 5.82 Å². The lowest BCUT2D eigenvalue weighted by Crippen LogP contribution is -2.50. The van der Waals surface area contributed by atoms with Gasteiger partial charge in [0.2, 0.25) is 0 Å². The van der Waals surface area contributed by atoms with E-state index in [0.717, 1.165) is 30.9 Å². The molecule has 0 bridgehead atoms. The maximum Gasteiger partial charge on any atom is 0.410 e. The summed E-state index contributed by atoms with van der Waals surface area (Å²) in [4.78, 5) is 16.1. The van der Waals surface area contributed by atoms with Crippen molar-refractivity contribution in [3.8, 4) is 0 Å². The number of aromatic nitrogens is 2. The van der Waals surface area contributed by atoms with Crippen molar-refractivity contribution in [1.29, 1.82) is 0 Å². The standard InChI is InChI=1S/C16H26N4O2/c1-12-8-9-14(18-17-12)19(5)13-7-6-10-20(11-13)15(21)22-16(2,3)4/h8-9,13H,6-7,10-11H2,1-5H3. The molecular formula is C16H26N4O2. The van der Waals surface area contributed by atoms with Crippen LogP contribution in [0.5, 0.6) is 0 Å². The zero-order valence-electron chi connectivity index (χ0n) is 14.2. The Balaban J connectivity index is 2.00. The van der Waals surface area contributed by atoms with Crippen molar-refractivity contribution >= 4 is 11.9 Å². The van der Waals surface area contributed by atoms with Crippen LogP contribution in [-0.4, -0.2) is 53.0 Å². The Morgan fingerprint density at radius 2 is 2.09 bits per heavy atom. The largest absolute Gasteiger partial charge is 0.444 e. The van der Waals surface area contributed by atoms with Crippen molar-refractivity contribution in [3.63, 3.8) is 0 Å². The zero-order chi connectivity index (χ0) is 16.3. The molecule has 122 valence electrons. The van der Waals surface area contributed by atoms with Gasteiger partial charge in [-0.1, -0.05) is 0 Å². The van der Waals surface area contributed by atoms with Crippen LogP contribution in [0.2, 0.25) is 0 Å². The smallest absolute Gasteiger partial charge is 0.410 e. The fourth-order valence-corrected chi connectivity index (χ4v) is 2.53. The van der Waals surface area contributed by atoms with Crippen molar-refractivity contribution in [1.82, 2.24) is 15.1 Å². The lowest BCUT2D eigenvalue weighted by atomic mass is 10.0. The third-order valence-corrected chi connectivity index (χ3v) is 3.74. The van der Waals surface area contributed by atoms with Crippen LogP contribution in [0.4, 0.5) is 10.6 Å². The molecule has 0 radical (unpaired) electrons. The molecule has 1 unspecified atom stereocenters. The van der Waals surface area contributed by atoms with E-state index in [9.17, 15) is 4.79 Å². The summed E-state index contributed by atoms with van der Waals surface area (Å²) in [6.07, 6.45) is 1.76. The Kier molecular flexibility index (Phi) is 4.88. The number of rotatable bonds is 2. The van der Waals surface area contributed by atoms with Crippen LogP contribution in [0, 0.1) is 6.92 Å². The van der Waals surface area contributed by atoms with Gasteiger partial charge in [0.25, 0.3) is 0 Å². The number of piperidine rings is 1. The van der Waals surface area contributed by atoms with Crippen molar-refractivity contribution in [3.05, 3.63) is 17.8 Å². The molecule has 0 N–H and O–H groups in total. The highest BCUT2D eigenvalue weighted by molar-refractivity contribution is 5.68. The van der Waals surface area contributed by atoms with Crippen LogP contribution in [-0.2, 0) is 4.74 Å². The predicted octanol–water partition coefficient (Wildman–Crippen LogP) is 2.62. The summed E-state index contributed by atoms with van der Waals surface area (Å²) in [5, 5.41) is 8.32. The minimum absolute atomic E-state index is 0.235. The maximum atomic E-state index is 12.2. The summed E-state index contributed by atoms with van der Waals surface area (Å²) >= 11 is 0. The molecule has 2 heterocycles. The summed E-state index contributed by atoms with van der Waals surface area (Å²) < 4.78 is 5.47. The van der Waals surface area contributed by atoms with E-state index in [-0.39, 0.29) is 12.1 Å². The predicted molar refractivity (Wildman–Crippen MR) is 86.0 cm³/mol. The second-order valence-corrected chi connectivity index (χ2v) is 6.87.